The predicted molar refractivity (Wildman–Crippen MR) is 125 cm³/mol. The van der Waals surface area contributed by atoms with Gasteiger partial charge in [0, 0.05) is 41.4 Å². The van der Waals surface area contributed by atoms with Crippen molar-refractivity contribution in [1.29, 1.82) is 0 Å². The molecule has 3 atom stereocenters. The largest absolute Gasteiger partial charge is 0.489 e. The van der Waals surface area contributed by atoms with Crippen LogP contribution in [-0.4, -0.2) is 47.1 Å². The highest BCUT2D eigenvalue weighted by Crippen LogP contribution is 2.46. The number of anilines is 1. The molecule has 0 radical (unpaired) electrons. The molecule has 0 spiro atoms. The van der Waals surface area contributed by atoms with Crippen molar-refractivity contribution in [2.45, 2.75) is 82.6 Å². The smallest absolute Gasteiger partial charge is 0.230 e. The van der Waals surface area contributed by atoms with Crippen LogP contribution in [0.1, 0.15) is 63.5 Å². The second kappa shape index (κ2) is 8.42. The lowest BCUT2D eigenvalue weighted by Gasteiger charge is -2.38. The van der Waals surface area contributed by atoms with Crippen molar-refractivity contribution in [3.8, 4) is 16.9 Å². The van der Waals surface area contributed by atoms with Gasteiger partial charge in [0.25, 0.3) is 0 Å². The monoisotopic (exact) mass is 452 g/mol. The molecule has 1 aromatic carbocycles. The molecule has 6 rings (SSSR count). The van der Waals surface area contributed by atoms with Crippen molar-refractivity contribution in [3.05, 3.63) is 30.1 Å². The fraction of sp³-hybridized carbons (Fsp3) is 0.615. The van der Waals surface area contributed by atoms with Gasteiger partial charge in [0.05, 0.1) is 24.0 Å². The molecule has 0 unspecified atom stereocenters. The first-order valence-electron chi connectivity index (χ1n) is 12.6. The van der Waals surface area contributed by atoms with Crippen molar-refractivity contribution in [2.75, 3.05) is 18.0 Å². The van der Waals surface area contributed by atoms with E-state index in [9.17, 15) is 9.18 Å². The lowest BCUT2D eigenvalue weighted by molar-refractivity contribution is -0.120. The Morgan fingerprint density at radius 2 is 2.03 bits per heavy atom. The molecule has 6 nitrogen and oxygen atoms in total. The fourth-order valence-electron chi connectivity index (χ4n) is 5.41. The fourth-order valence-corrected chi connectivity index (χ4v) is 5.41. The number of aromatic nitrogens is 2. The average Bonchev–Trinajstić information content (AvgIpc) is 3.53. The van der Waals surface area contributed by atoms with Gasteiger partial charge in [-0.3, -0.25) is 9.48 Å². The first-order valence-corrected chi connectivity index (χ1v) is 12.6. The number of amides is 1. The molecule has 3 fully saturated rings. The van der Waals surface area contributed by atoms with Crippen LogP contribution in [0.25, 0.3) is 11.1 Å². The summed E-state index contributed by atoms with van der Waals surface area (Å²) < 4.78 is 22.9. The molecule has 3 heterocycles. The molecule has 2 saturated carbocycles. The van der Waals surface area contributed by atoms with Gasteiger partial charge in [-0.25, -0.2) is 4.39 Å². The number of nitrogens with zero attached hydrogens (tertiary/aromatic N) is 3. The van der Waals surface area contributed by atoms with E-state index < -0.39 is 6.17 Å². The number of alkyl halides is 1. The van der Waals surface area contributed by atoms with Gasteiger partial charge in [-0.1, -0.05) is 0 Å². The Morgan fingerprint density at radius 1 is 1.18 bits per heavy atom. The number of hydrogen-bond donors (Lipinski definition) is 1. The summed E-state index contributed by atoms with van der Waals surface area (Å²) in [5, 5.41) is 7.81. The van der Waals surface area contributed by atoms with E-state index >= 15 is 0 Å². The summed E-state index contributed by atoms with van der Waals surface area (Å²) in [6, 6.07) is 4.08. The van der Waals surface area contributed by atoms with Crippen molar-refractivity contribution >= 4 is 11.6 Å². The Kier molecular flexibility index (Phi) is 5.40. The Balaban J connectivity index is 1.39. The van der Waals surface area contributed by atoms with E-state index in [2.05, 4.69) is 29.5 Å². The van der Waals surface area contributed by atoms with Gasteiger partial charge in [0.2, 0.25) is 5.91 Å². The molecular weight excluding hydrogens is 419 g/mol. The van der Waals surface area contributed by atoms with E-state index in [1.807, 2.05) is 17.3 Å². The van der Waals surface area contributed by atoms with E-state index in [0.29, 0.717) is 19.5 Å². The molecule has 1 saturated heterocycles. The predicted octanol–water partition coefficient (Wildman–Crippen LogP) is 4.43. The van der Waals surface area contributed by atoms with E-state index in [1.165, 1.54) is 6.42 Å². The highest BCUT2D eigenvalue weighted by Gasteiger charge is 2.39. The first kappa shape index (κ1) is 21.1. The minimum atomic E-state index is -0.892. The molecule has 7 heteroatoms. The molecule has 4 aliphatic rings. The topological polar surface area (TPSA) is 59.4 Å². The summed E-state index contributed by atoms with van der Waals surface area (Å²) in [5.74, 6) is 1.35. The molecule has 33 heavy (non-hydrogen) atoms. The number of ether oxygens (including phenoxy) is 1. The van der Waals surface area contributed by atoms with Crippen LogP contribution in [0.5, 0.6) is 5.75 Å². The van der Waals surface area contributed by atoms with Crippen LogP contribution in [0.4, 0.5) is 10.1 Å². The molecule has 1 amide bonds. The SMILES string of the molecule is C[C@H]1CCc2c(ccc(-c3cnn([C@@H]4CNCC[C@@H]4F)c3)c2OC2CCC2)N1C(=O)C1CC1. The molecule has 1 N–H and O–H groups in total. The Morgan fingerprint density at radius 3 is 2.76 bits per heavy atom. The zero-order valence-corrected chi connectivity index (χ0v) is 19.3. The lowest BCUT2D eigenvalue weighted by Crippen LogP contribution is -2.43. The van der Waals surface area contributed by atoms with E-state index in [4.69, 9.17) is 4.74 Å². The minimum Gasteiger partial charge on any atom is -0.489 e. The highest BCUT2D eigenvalue weighted by atomic mass is 19.1. The summed E-state index contributed by atoms with van der Waals surface area (Å²) in [6.45, 7) is 3.46. The maximum absolute atomic E-state index is 14.5. The van der Waals surface area contributed by atoms with Crippen LogP contribution in [0, 0.1) is 5.92 Å². The zero-order valence-electron chi connectivity index (χ0n) is 19.3. The number of piperidine rings is 1. The van der Waals surface area contributed by atoms with Gasteiger partial charge in [-0.05, 0) is 77.0 Å². The second-order valence-corrected chi connectivity index (χ2v) is 10.3. The van der Waals surface area contributed by atoms with Gasteiger partial charge < -0.3 is 15.0 Å². The second-order valence-electron chi connectivity index (χ2n) is 10.3. The maximum Gasteiger partial charge on any atom is 0.230 e. The van der Waals surface area contributed by atoms with Crippen LogP contribution < -0.4 is 15.0 Å². The minimum absolute atomic E-state index is 0.185. The van der Waals surface area contributed by atoms with E-state index in [0.717, 1.165) is 66.7 Å². The third-order valence-corrected chi connectivity index (χ3v) is 7.87. The van der Waals surface area contributed by atoms with Crippen molar-refractivity contribution in [2.24, 2.45) is 5.92 Å². The first-order chi connectivity index (χ1) is 16.1. The summed E-state index contributed by atoms with van der Waals surface area (Å²) in [6.07, 6.45) is 10.8. The number of benzene rings is 1. The third-order valence-electron chi connectivity index (χ3n) is 7.87. The maximum atomic E-state index is 14.5. The van der Waals surface area contributed by atoms with Crippen LogP contribution in [0.3, 0.4) is 0 Å². The van der Waals surface area contributed by atoms with Gasteiger partial charge in [0.15, 0.2) is 0 Å². The highest BCUT2D eigenvalue weighted by molar-refractivity contribution is 5.99. The molecular formula is C26H33FN4O2. The quantitative estimate of drug-likeness (QED) is 0.729. The number of carbonyl (C=O) groups excluding carboxylic acids is 1. The summed E-state index contributed by atoms with van der Waals surface area (Å²) in [4.78, 5) is 15.2. The number of nitrogens with one attached hydrogen (secondary N) is 1. The van der Waals surface area contributed by atoms with Crippen LogP contribution in [0.2, 0.25) is 0 Å². The average molecular weight is 453 g/mol. The van der Waals surface area contributed by atoms with Crippen LogP contribution in [0.15, 0.2) is 24.5 Å². The van der Waals surface area contributed by atoms with E-state index in [1.54, 1.807) is 4.68 Å². The third kappa shape index (κ3) is 3.84. The van der Waals surface area contributed by atoms with Gasteiger partial charge in [-0.15, -0.1) is 0 Å². The zero-order chi connectivity index (χ0) is 22.5. The number of hydrogen-bond acceptors (Lipinski definition) is 4. The standard InChI is InChI=1S/C26H33FN4O2/c1-16-5-8-21-23(31(16)26(32)17-6-7-17)10-9-20(25(21)33-19-3-2-4-19)18-13-29-30(15-18)24-14-28-12-11-22(24)27/h9-10,13,15-17,19,22,24,28H,2-8,11-12,14H2,1H3/t16-,22-,24+/m0/s1. The molecule has 2 aromatic rings. The number of rotatable bonds is 5. The number of halogens is 1. The molecule has 2 aliphatic heterocycles. The van der Waals surface area contributed by atoms with Crippen LogP contribution >= 0.6 is 0 Å². The summed E-state index contributed by atoms with van der Waals surface area (Å²) in [5.41, 5.74) is 4.10. The Labute approximate surface area is 194 Å². The van der Waals surface area contributed by atoms with E-state index in [-0.39, 0.29) is 30.0 Å². The summed E-state index contributed by atoms with van der Waals surface area (Å²) in [7, 11) is 0. The van der Waals surface area contributed by atoms with Gasteiger partial charge in [0.1, 0.15) is 11.9 Å². The molecule has 176 valence electrons. The normalized spacial score (nSPS) is 27.7. The van der Waals surface area contributed by atoms with Crippen molar-refractivity contribution in [1.82, 2.24) is 15.1 Å². The lowest BCUT2D eigenvalue weighted by atomic mass is 9.91. The van der Waals surface area contributed by atoms with Gasteiger partial charge in [-0.2, -0.15) is 5.10 Å². The molecule has 0 bridgehead atoms. The van der Waals surface area contributed by atoms with Crippen LogP contribution in [-0.2, 0) is 11.2 Å². The summed E-state index contributed by atoms with van der Waals surface area (Å²) >= 11 is 0. The molecule has 1 aromatic heterocycles. The van der Waals surface area contributed by atoms with Gasteiger partial charge >= 0.3 is 0 Å². The Hall–Kier alpha value is -2.41. The number of carbonyl (C=O) groups is 1. The van der Waals surface area contributed by atoms with Crippen molar-refractivity contribution < 1.29 is 13.9 Å². The number of fused-ring (bicyclic) bond motifs is 1. The molecule has 2 aliphatic carbocycles. The Bertz CT molecular complexity index is 1040. The van der Waals surface area contributed by atoms with Crippen molar-refractivity contribution in [3.63, 3.8) is 0 Å².